The van der Waals surface area contributed by atoms with E-state index in [1.54, 1.807) is 48.4 Å². The van der Waals surface area contributed by atoms with Gasteiger partial charge in [-0.15, -0.1) is 0 Å². The molecule has 0 bridgehead atoms. The first-order valence-corrected chi connectivity index (χ1v) is 8.72. The highest BCUT2D eigenvalue weighted by molar-refractivity contribution is 5.94. The van der Waals surface area contributed by atoms with E-state index >= 15 is 0 Å². The normalized spacial score (nSPS) is 12.6. The minimum absolute atomic E-state index is 0.257. The molecule has 3 aromatic heterocycles. The third kappa shape index (κ3) is 4.38. The fraction of sp³-hybridized carbons (Fsp3) is 0.300. The number of carbonyl (C=O) groups excluding carboxylic acids is 1. The van der Waals surface area contributed by atoms with Gasteiger partial charge in [0, 0.05) is 17.9 Å². The number of aliphatic hydroxyl groups is 1. The Hall–Kier alpha value is -3.06. The minimum Gasteiger partial charge on any atom is -0.389 e. The van der Waals surface area contributed by atoms with Gasteiger partial charge in [0.1, 0.15) is 0 Å². The van der Waals surface area contributed by atoms with Crippen LogP contribution < -0.4 is 5.32 Å². The number of carbonyl (C=O) groups is 1. The predicted octanol–water partition coefficient (Wildman–Crippen LogP) is 2.91. The highest BCUT2D eigenvalue weighted by Gasteiger charge is 2.21. The third-order valence-electron chi connectivity index (χ3n) is 3.85. The molecule has 7 nitrogen and oxygen atoms in total. The molecule has 0 aliphatic rings. The van der Waals surface area contributed by atoms with Crippen molar-refractivity contribution in [2.75, 3.05) is 0 Å². The van der Waals surface area contributed by atoms with E-state index < -0.39 is 6.10 Å². The summed E-state index contributed by atoms with van der Waals surface area (Å²) in [7, 11) is 0. The van der Waals surface area contributed by atoms with E-state index in [1.807, 2.05) is 32.9 Å². The lowest BCUT2D eigenvalue weighted by molar-refractivity contribution is 0.0914. The predicted molar refractivity (Wildman–Crippen MR) is 102 cm³/mol. The van der Waals surface area contributed by atoms with E-state index in [0.29, 0.717) is 17.1 Å². The molecular formula is C20H23N5O2. The molecule has 0 aliphatic carbocycles. The number of nitrogens with zero attached hydrogens (tertiary/aromatic N) is 4. The van der Waals surface area contributed by atoms with Gasteiger partial charge in [-0.05, 0) is 57.5 Å². The molecule has 3 aromatic rings. The van der Waals surface area contributed by atoms with E-state index in [4.69, 9.17) is 0 Å². The fourth-order valence-electron chi connectivity index (χ4n) is 2.56. The molecule has 1 atom stereocenters. The van der Waals surface area contributed by atoms with Crippen molar-refractivity contribution >= 4 is 5.91 Å². The summed E-state index contributed by atoms with van der Waals surface area (Å²) in [5.41, 5.74) is 2.68. The first kappa shape index (κ1) is 18.7. The molecule has 0 saturated heterocycles. The van der Waals surface area contributed by atoms with Crippen LogP contribution in [0.25, 0.3) is 17.1 Å². The lowest BCUT2D eigenvalue weighted by Crippen LogP contribution is -2.40. The van der Waals surface area contributed by atoms with E-state index in [2.05, 4.69) is 20.4 Å². The summed E-state index contributed by atoms with van der Waals surface area (Å²) in [5, 5.41) is 17.1. The van der Waals surface area contributed by atoms with Gasteiger partial charge >= 0.3 is 0 Å². The van der Waals surface area contributed by atoms with Crippen molar-refractivity contribution in [2.24, 2.45) is 0 Å². The van der Waals surface area contributed by atoms with Crippen LogP contribution in [0.2, 0.25) is 0 Å². The molecule has 0 saturated carbocycles. The first-order valence-electron chi connectivity index (χ1n) is 8.72. The van der Waals surface area contributed by atoms with Crippen molar-refractivity contribution in [3.05, 3.63) is 60.2 Å². The number of pyridine rings is 2. The number of hydrogen-bond acceptors (Lipinski definition) is 5. The summed E-state index contributed by atoms with van der Waals surface area (Å²) < 4.78 is 1.65. The largest absolute Gasteiger partial charge is 0.389 e. The molecule has 7 heteroatoms. The standard InChI is InChI=1S/C20H23N5O2/c1-13(26)14-7-8-16(22-11-14)18-10-17(19(27)23-20(2,3)4)24-25(18)15-6-5-9-21-12-15/h5-13,26H,1-4H3,(H,23,27). The molecule has 1 amide bonds. The Morgan fingerprint density at radius 1 is 1.22 bits per heavy atom. The maximum atomic E-state index is 12.6. The van der Waals surface area contributed by atoms with Crippen LogP contribution in [0.5, 0.6) is 0 Å². The molecule has 0 aromatic carbocycles. The van der Waals surface area contributed by atoms with Crippen molar-refractivity contribution < 1.29 is 9.90 Å². The van der Waals surface area contributed by atoms with Crippen molar-refractivity contribution in [3.8, 4) is 17.1 Å². The number of nitrogens with one attached hydrogen (secondary N) is 1. The smallest absolute Gasteiger partial charge is 0.272 e. The Balaban J connectivity index is 2.07. The lowest BCUT2D eigenvalue weighted by atomic mass is 10.1. The van der Waals surface area contributed by atoms with Gasteiger partial charge < -0.3 is 10.4 Å². The van der Waals surface area contributed by atoms with Crippen LogP contribution in [0.4, 0.5) is 0 Å². The van der Waals surface area contributed by atoms with Crippen molar-refractivity contribution in [1.82, 2.24) is 25.1 Å². The minimum atomic E-state index is -0.595. The van der Waals surface area contributed by atoms with E-state index in [1.165, 1.54) is 0 Å². The van der Waals surface area contributed by atoms with E-state index in [9.17, 15) is 9.90 Å². The van der Waals surface area contributed by atoms with Gasteiger partial charge in [-0.25, -0.2) is 4.68 Å². The topological polar surface area (TPSA) is 92.9 Å². The van der Waals surface area contributed by atoms with Gasteiger partial charge in [0.25, 0.3) is 5.91 Å². The van der Waals surface area contributed by atoms with Crippen LogP contribution in [-0.2, 0) is 0 Å². The van der Waals surface area contributed by atoms with Crippen LogP contribution in [0.1, 0.15) is 49.9 Å². The fourth-order valence-corrected chi connectivity index (χ4v) is 2.56. The average molecular weight is 365 g/mol. The average Bonchev–Trinajstić information content (AvgIpc) is 3.07. The molecule has 0 fully saturated rings. The Morgan fingerprint density at radius 3 is 2.56 bits per heavy atom. The van der Waals surface area contributed by atoms with Gasteiger partial charge in [-0.2, -0.15) is 5.10 Å². The zero-order valence-electron chi connectivity index (χ0n) is 15.8. The molecule has 0 aliphatic heterocycles. The maximum Gasteiger partial charge on any atom is 0.272 e. The van der Waals surface area contributed by atoms with Crippen molar-refractivity contribution in [1.29, 1.82) is 0 Å². The molecule has 0 radical (unpaired) electrons. The van der Waals surface area contributed by atoms with Crippen molar-refractivity contribution in [3.63, 3.8) is 0 Å². The summed E-state index contributed by atoms with van der Waals surface area (Å²) in [5.74, 6) is -0.257. The summed E-state index contributed by atoms with van der Waals surface area (Å²) in [6.07, 6.45) is 4.37. The van der Waals surface area contributed by atoms with Crippen LogP contribution in [0, 0.1) is 0 Å². The molecule has 3 heterocycles. The molecule has 0 spiro atoms. The maximum absolute atomic E-state index is 12.6. The number of rotatable bonds is 4. The summed E-state index contributed by atoms with van der Waals surface area (Å²) in [6, 6.07) is 8.98. The van der Waals surface area contributed by atoms with E-state index in [-0.39, 0.29) is 11.4 Å². The zero-order valence-corrected chi connectivity index (χ0v) is 15.8. The highest BCUT2D eigenvalue weighted by Crippen LogP contribution is 2.24. The van der Waals surface area contributed by atoms with Gasteiger partial charge in [-0.3, -0.25) is 14.8 Å². The van der Waals surface area contributed by atoms with Gasteiger partial charge in [0.15, 0.2) is 5.69 Å². The quantitative estimate of drug-likeness (QED) is 0.741. The first-order chi connectivity index (χ1) is 12.7. The molecule has 1 unspecified atom stereocenters. The highest BCUT2D eigenvalue weighted by atomic mass is 16.3. The lowest BCUT2D eigenvalue weighted by Gasteiger charge is -2.19. The van der Waals surface area contributed by atoms with Crippen molar-refractivity contribution in [2.45, 2.75) is 39.3 Å². The van der Waals surface area contributed by atoms with Crippen LogP contribution in [0.15, 0.2) is 48.9 Å². The van der Waals surface area contributed by atoms with Gasteiger partial charge in [0.2, 0.25) is 0 Å². The molecular weight excluding hydrogens is 342 g/mol. The Kier molecular flexibility index (Phi) is 5.05. The molecule has 140 valence electrons. The SMILES string of the molecule is CC(O)c1ccc(-c2cc(C(=O)NC(C)(C)C)nn2-c2cccnc2)nc1. The Labute approximate surface area is 158 Å². The number of aliphatic hydroxyl groups excluding tert-OH is 1. The Bertz CT molecular complexity index is 925. The second-order valence-electron chi connectivity index (χ2n) is 7.39. The van der Waals surface area contributed by atoms with Crippen LogP contribution in [-0.4, -0.2) is 36.3 Å². The van der Waals surface area contributed by atoms with Gasteiger partial charge in [-0.1, -0.05) is 6.07 Å². The monoisotopic (exact) mass is 365 g/mol. The van der Waals surface area contributed by atoms with Crippen LogP contribution in [0.3, 0.4) is 0 Å². The second kappa shape index (κ2) is 7.28. The summed E-state index contributed by atoms with van der Waals surface area (Å²) >= 11 is 0. The number of aromatic nitrogens is 4. The second-order valence-corrected chi connectivity index (χ2v) is 7.39. The summed E-state index contributed by atoms with van der Waals surface area (Å²) in [6.45, 7) is 7.44. The Morgan fingerprint density at radius 2 is 2.00 bits per heavy atom. The summed E-state index contributed by atoms with van der Waals surface area (Å²) in [4.78, 5) is 21.1. The molecule has 2 N–H and O–H groups in total. The molecule has 3 rings (SSSR count). The number of amides is 1. The number of hydrogen-bond donors (Lipinski definition) is 2. The van der Waals surface area contributed by atoms with E-state index in [0.717, 1.165) is 11.3 Å². The third-order valence-corrected chi connectivity index (χ3v) is 3.85. The molecule has 27 heavy (non-hydrogen) atoms. The van der Waals surface area contributed by atoms with Crippen LogP contribution >= 0.6 is 0 Å². The zero-order chi connectivity index (χ0) is 19.6. The van der Waals surface area contributed by atoms with Gasteiger partial charge in [0.05, 0.1) is 29.4 Å².